The Labute approximate surface area is 166 Å². The normalized spacial score (nSPS) is 10.9. The Morgan fingerprint density at radius 3 is 2.48 bits per heavy atom. The number of aromatic nitrogens is 2. The van der Waals surface area contributed by atoms with Crippen LogP contribution in [0.15, 0.2) is 60.9 Å². The fraction of sp³-hybridized carbons (Fsp3) is 0.136. The van der Waals surface area contributed by atoms with Crippen molar-refractivity contribution in [3.8, 4) is 5.75 Å². The molecule has 0 aliphatic carbocycles. The lowest BCUT2D eigenvalue weighted by Gasteiger charge is -2.09. The number of ether oxygens (including phenoxy) is 2. The van der Waals surface area contributed by atoms with Crippen LogP contribution in [0, 0.1) is 0 Å². The number of fused-ring (bicyclic) bond motifs is 3. The van der Waals surface area contributed by atoms with Crippen molar-refractivity contribution in [3.05, 3.63) is 72.1 Å². The third kappa shape index (κ3) is 3.38. The van der Waals surface area contributed by atoms with Gasteiger partial charge in [0.15, 0.2) is 6.61 Å². The fourth-order valence-corrected chi connectivity index (χ4v) is 3.52. The summed E-state index contributed by atoms with van der Waals surface area (Å²) < 4.78 is 12.5. The van der Waals surface area contributed by atoms with E-state index >= 15 is 0 Å². The molecule has 1 amide bonds. The number of primary amides is 1. The molecule has 0 atom stereocenters. The van der Waals surface area contributed by atoms with Crippen molar-refractivity contribution in [2.24, 2.45) is 5.73 Å². The van der Waals surface area contributed by atoms with E-state index in [1.165, 1.54) is 7.11 Å². The first-order valence-electron chi connectivity index (χ1n) is 9.02. The van der Waals surface area contributed by atoms with Gasteiger partial charge in [-0.25, -0.2) is 4.79 Å². The summed E-state index contributed by atoms with van der Waals surface area (Å²) in [5.41, 5.74) is 8.76. The molecule has 7 nitrogen and oxygen atoms in total. The predicted molar refractivity (Wildman–Crippen MR) is 109 cm³/mol. The van der Waals surface area contributed by atoms with E-state index in [9.17, 15) is 9.59 Å². The third-order valence-electron chi connectivity index (χ3n) is 4.78. The average molecular weight is 389 g/mol. The summed E-state index contributed by atoms with van der Waals surface area (Å²) in [5, 5.41) is 1.42. The predicted octanol–water partition coefficient (Wildman–Crippen LogP) is 2.89. The van der Waals surface area contributed by atoms with E-state index in [1.807, 2.05) is 30.3 Å². The number of pyridine rings is 1. The second-order valence-corrected chi connectivity index (χ2v) is 6.53. The Kier molecular flexibility index (Phi) is 4.87. The molecule has 0 aliphatic rings. The summed E-state index contributed by atoms with van der Waals surface area (Å²) >= 11 is 0. The molecule has 0 spiro atoms. The first-order chi connectivity index (χ1) is 14.1. The number of hydrogen-bond acceptors (Lipinski definition) is 5. The minimum absolute atomic E-state index is 0.233. The number of amides is 1. The van der Waals surface area contributed by atoms with Gasteiger partial charge >= 0.3 is 5.97 Å². The van der Waals surface area contributed by atoms with Crippen LogP contribution in [-0.4, -0.2) is 35.1 Å². The Bertz CT molecular complexity index is 1220. The van der Waals surface area contributed by atoms with Crippen molar-refractivity contribution in [2.45, 2.75) is 6.54 Å². The maximum atomic E-state index is 12.1. The Balaban J connectivity index is 1.98. The molecular weight excluding hydrogens is 370 g/mol. The Morgan fingerprint density at radius 1 is 1.03 bits per heavy atom. The highest BCUT2D eigenvalue weighted by atomic mass is 16.6. The molecular formula is C22H19N3O4. The van der Waals surface area contributed by atoms with Crippen LogP contribution in [0.1, 0.15) is 15.9 Å². The number of nitrogens with zero attached hydrogens (tertiary/aromatic N) is 2. The summed E-state index contributed by atoms with van der Waals surface area (Å²) in [7, 11) is 1.30. The van der Waals surface area contributed by atoms with E-state index in [0.29, 0.717) is 23.2 Å². The van der Waals surface area contributed by atoms with Crippen LogP contribution in [-0.2, 0) is 16.1 Å². The van der Waals surface area contributed by atoms with Gasteiger partial charge in [-0.3, -0.25) is 9.78 Å². The zero-order chi connectivity index (χ0) is 20.4. The van der Waals surface area contributed by atoms with E-state index in [1.54, 1.807) is 30.6 Å². The summed E-state index contributed by atoms with van der Waals surface area (Å²) in [6.45, 7) is 0.320. The van der Waals surface area contributed by atoms with E-state index in [-0.39, 0.29) is 6.61 Å². The molecule has 4 rings (SSSR count). The minimum atomic E-state index is -0.529. The summed E-state index contributed by atoms with van der Waals surface area (Å²) in [4.78, 5) is 27.9. The van der Waals surface area contributed by atoms with Crippen LogP contribution >= 0.6 is 0 Å². The summed E-state index contributed by atoms with van der Waals surface area (Å²) in [6, 6.07) is 14.8. The van der Waals surface area contributed by atoms with Crippen molar-refractivity contribution < 1.29 is 19.1 Å². The number of carbonyl (C=O) groups is 2. The number of carbonyl (C=O) groups excluding carboxylic acids is 2. The van der Waals surface area contributed by atoms with Gasteiger partial charge in [-0.05, 0) is 35.9 Å². The summed E-state index contributed by atoms with van der Waals surface area (Å²) in [5.74, 6) is -0.536. The molecule has 0 fully saturated rings. The molecule has 2 aromatic heterocycles. The van der Waals surface area contributed by atoms with Crippen molar-refractivity contribution in [2.75, 3.05) is 13.7 Å². The second-order valence-electron chi connectivity index (χ2n) is 6.53. The molecule has 0 saturated heterocycles. The van der Waals surface area contributed by atoms with E-state index in [0.717, 1.165) is 22.0 Å². The van der Waals surface area contributed by atoms with Gasteiger partial charge < -0.3 is 19.8 Å². The maximum Gasteiger partial charge on any atom is 0.343 e. The number of nitrogens with two attached hydrogens (primary N) is 1. The molecule has 2 aromatic carbocycles. The standard InChI is InChI=1S/C22H19N3O4/c1-28-19(26)13-29-18-9-3-8-17-21(18)20-15(22(23)27)6-2-7-16(20)25(17)12-14-5-4-10-24-11-14/h2-11H,12-13H2,1H3,(H2,23,27). The monoisotopic (exact) mass is 389 g/mol. The van der Waals surface area contributed by atoms with Crippen LogP contribution in [0.2, 0.25) is 0 Å². The lowest BCUT2D eigenvalue weighted by molar-refractivity contribution is -0.142. The van der Waals surface area contributed by atoms with E-state index in [2.05, 4.69) is 14.3 Å². The molecule has 4 aromatic rings. The minimum Gasteiger partial charge on any atom is -0.481 e. The van der Waals surface area contributed by atoms with Crippen LogP contribution in [0.3, 0.4) is 0 Å². The molecule has 0 aliphatic heterocycles. The van der Waals surface area contributed by atoms with Gasteiger partial charge in [0.2, 0.25) is 5.91 Å². The molecule has 146 valence electrons. The lowest BCUT2D eigenvalue weighted by Crippen LogP contribution is -2.13. The Hall–Kier alpha value is -3.87. The topological polar surface area (TPSA) is 96.4 Å². The van der Waals surface area contributed by atoms with Crippen molar-refractivity contribution in [1.29, 1.82) is 0 Å². The van der Waals surface area contributed by atoms with Gasteiger partial charge in [0.25, 0.3) is 0 Å². The number of esters is 1. The summed E-state index contributed by atoms with van der Waals surface area (Å²) in [6.07, 6.45) is 3.52. The smallest absolute Gasteiger partial charge is 0.343 e. The van der Waals surface area contributed by atoms with Gasteiger partial charge in [-0.2, -0.15) is 0 Å². The van der Waals surface area contributed by atoms with Crippen LogP contribution in [0.4, 0.5) is 0 Å². The van der Waals surface area contributed by atoms with Crippen molar-refractivity contribution in [1.82, 2.24) is 9.55 Å². The molecule has 2 heterocycles. The average Bonchev–Trinajstić information content (AvgIpc) is 3.07. The van der Waals surface area contributed by atoms with Crippen molar-refractivity contribution >= 4 is 33.7 Å². The number of benzene rings is 2. The molecule has 29 heavy (non-hydrogen) atoms. The number of hydrogen-bond donors (Lipinski definition) is 1. The van der Waals surface area contributed by atoms with Gasteiger partial charge in [-0.1, -0.05) is 18.2 Å². The van der Waals surface area contributed by atoms with Gasteiger partial charge in [0, 0.05) is 29.9 Å². The van der Waals surface area contributed by atoms with E-state index < -0.39 is 11.9 Å². The van der Waals surface area contributed by atoms with Gasteiger partial charge in [-0.15, -0.1) is 0 Å². The van der Waals surface area contributed by atoms with Crippen molar-refractivity contribution in [3.63, 3.8) is 0 Å². The largest absolute Gasteiger partial charge is 0.481 e. The second kappa shape index (κ2) is 7.63. The van der Waals surface area contributed by atoms with E-state index in [4.69, 9.17) is 10.5 Å². The van der Waals surface area contributed by atoms with Gasteiger partial charge in [0.1, 0.15) is 5.75 Å². The highest BCUT2D eigenvalue weighted by molar-refractivity contribution is 6.19. The fourth-order valence-electron chi connectivity index (χ4n) is 3.52. The number of rotatable bonds is 6. The SMILES string of the molecule is COC(=O)COc1cccc2c1c1c(C(N)=O)cccc1n2Cc1cccnc1. The molecule has 0 bridgehead atoms. The zero-order valence-electron chi connectivity index (χ0n) is 15.8. The number of methoxy groups -OCH3 is 1. The molecule has 7 heteroatoms. The maximum absolute atomic E-state index is 12.1. The zero-order valence-corrected chi connectivity index (χ0v) is 15.8. The highest BCUT2D eigenvalue weighted by Crippen LogP contribution is 2.38. The van der Waals surface area contributed by atoms with Crippen LogP contribution in [0.5, 0.6) is 5.75 Å². The van der Waals surface area contributed by atoms with Crippen LogP contribution < -0.4 is 10.5 Å². The first-order valence-corrected chi connectivity index (χ1v) is 9.02. The Morgan fingerprint density at radius 2 is 1.79 bits per heavy atom. The highest BCUT2D eigenvalue weighted by Gasteiger charge is 2.20. The van der Waals surface area contributed by atoms with Gasteiger partial charge in [0.05, 0.1) is 23.5 Å². The quantitative estimate of drug-likeness (QED) is 0.512. The molecule has 0 radical (unpaired) electrons. The lowest BCUT2D eigenvalue weighted by atomic mass is 10.1. The van der Waals surface area contributed by atoms with Crippen LogP contribution in [0.25, 0.3) is 21.8 Å². The molecule has 2 N–H and O–H groups in total. The molecule has 0 unspecified atom stereocenters. The first kappa shape index (κ1) is 18.5. The molecule has 0 saturated carbocycles. The third-order valence-corrected chi connectivity index (χ3v) is 4.78.